The predicted molar refractivity (Wildman–Crippen MR) is 78.1 cm³/mol. The molecule has 0 fully saturated rings. The smallest absolute Gasteiger partial charge is 0.162 e. The lowest BCUT2D eigenvalue weighted by Gasteiger charge is -2.20. The highest BCUT2D eigenvalue weighted by Crippen LogP contribution is 2.18. The van der Waals surface area contributed by atoms with Crippen molar-refractivity contribution in [2.45, 2.75) is 6.54 Å². The first-order valence-electron chi connectivity index (χ1n) is 6.12. The Kier molecular flexibility index (Phi) is 4.14. The van der Waals surface area contributed by atoms with Gasteiger partial charge in [0.1, 0.15) is 11.6 Å². The Morgan fingerprint density at radius 3 is 2.60 bits per heavy atom. The van der Waals surface area contributed by atoms with E-state index in [0.717, 1.165) is 11.3 Å². The second-order valence-corrected chi connectivity index (χ2v) is 4.39. The van der Waals surface area contributed by atoms with Crippen LogP contribution in [0.3, 0.4) is 0 Å². The molecule has 2 aromatic rings. The monoisotopic (exact) mass is 271 g/mol. The van der Waals surface area contributed by atoms with Crippen LogP contribution in [0, 0.1) is 5.41 Å². The van der Waals surface area contributed by atoms with E-state index in [1.165, 1.54) is 6.20 Å². The zero-order valence-electron chi connectivity index (χ0n) is 11.5. The van der Waals surface area contributed by atoms with Crippen LogP contribution in [0.25, 0.3) is 0 Å². The van der Waals surface area contributed by atoms with E-state index < -0.39 is 0 Å². The van der Waals surface area contributed by atoms with Crippen LogP contribution in [-0.4, -0.2) is 30.2 Å². The van der Waals surface area contributed by atoms with Gasteiger partial charge in [-0.25, -0.2) is 0 Å². The van der Waals surface area contributed by atoms with Gasteiger partial charge in [0.2, 0.25) is 0 Å². The van der Waals surface area contributed by atoms with Crippen LogP contribution in [0.15, 0.2) is 36.5 Å². The summed E-state index contributed by atoms with van der Waals surface area (Å²) >= 11 is 0. The average molecular weight is 271 g/mol. The van der Waals surface area contributed by atoms with Crippen LogP contribution < -0.4 is 15.4 Å². The van der Waals surface area contributed by atoms with Crippen LogP contribution in [0.4, 0.5) is 5.82 Å². The van der Waals surface area contributed by atoms with Crippen molar-refractivity contribution in [1.29, 1.82) is 5.41 Å². The topological polar surface area (TPSA) is 88.1 Å². The van der Waals surface area contributed by atoms with Crippen LogP contribution in [0.2, 0.25) is 0 Å². The fraction of sp³-hybridized carbons (Fsp3) is 0.214. The third kappa shape index (κ3) is 3.03. The van der Waals surface area contributed by atoms with Gasteiger partial charge in [0.05, 0.1) is 18.9 Å². The largest absolute Gasteiger partial charge is 0.497 e. The molecule has 0 unspecified atom stereocenters. The molecule has 0 spiro atoms. The molecule has 104 valence electrons. The van der Waals surface area contributed by atoms with Crippen LogP contribution in [-0.2, 0) is 6.54 Å². The summed E-state index contributed by atoms with van der Waals surface area (Å²) in [7, 11) is 3.53. The summed E-state index contributed by atoms with van der Waals surface area (Å²) in [6.07, 6.45) is 1.53. The molecule has 20 heavy (non-hydrogen) atoms. The molecule has 0 aliphatic carbocycles. The van der Waals surface area contributed by atoms with Crippen LogP contribution >= 0.6 is 0 Å². The molecule has 0 amide bonds. The van der Waals surface area contributed by atoms with Crippen molar-refractivity contribution < 1.29 is 4.74 Å². The lowest BCUT2D eigenvalue weighted by molar-refractivity contribution is 0.414. The number of nitrogens with two attached hydrogens (primary N) is 1. The van der Waals surface area contributed by atoms with Gasteiger partial charge in [-0.2, -0.15) is 5.10 Å². The van der Waals surface area contributed by atoms with Gasteiger partial charge in [0.15, 0.2) is 5.82 Å². The highest BCUT2D eigenvalue weighted by atomic mass is 16.5. The minimum atomic E-state index is -0.0171. The molecule has 6 nitrogen and oxygen atoms in total. The lowest BCUT2D eigenvalue weighted by Crippen LogP contribution is -2.23. The number of benzene rings is 1. The van der Waals surface area contributed by atoms with Crippen LogP contribution in [0.1, 0.15) is 11.1 Å². The number of hydrogen-bond donors (Lipinski definition) is 2. The van der Waals surface area contributed by atoms with E-state index in [0.29, 0.717) is 17.9 Å². The zero-order chi connectivity index (χ0) is 14.5. The molecule has 0 bridgehead atoms. The van der Waals surface area contributed by atoms with Crippen molar-refractivity contribution in [2.24, 2.45) is 5.73 Å². The first-order chi connectivity index (χ1) is 9.61. The van der Waals surface area contributed by atoms with Gasteiger partial charge >= 0.3 is 0 Å². The Morgan fingerprint density at radius 2 is 2.00 bits per heavy atom. The van der Waals surface area contributed by atoms with E-state index in [4.69, 9.17) is 15.9 Å². The second kappa shape index (κ2) is 6.01. The highest BCUT2D eigenvalue weighted by molar-refractivity contribution is 5.99. The van der Waals surface area contributed by atoms with Crippen molar-refractivity contribution in [3.05, 3.63) is 47.7 Å². The summed E-state index contributed by atoms with van der Waals surface area (Å²) in [6.45, 7) is 0.642. The fourth-order valence-electron chi connectivity index (χ4n) is 1.90. The van der Waals surface area contributed by atoms with Gasteiger partial charge < -0.3 is 15.4 Å². The summed E-state index contributed by atoms with van der Waals surface area (Å²) in [6, 6.07) is 9.48. The van der Waals surface area contributed by atoms with Gasteiger partial charge in [-0.05, 0) is 23.8 Å². The Balaban J connectivity index is 2.19. The molecular formula is C14H17N5O. The Bertz CT molecular complexity index is 597. The number of rotatable bonds is 5. The minimum Gasteiger partial charge on any atom is -0.497 e. The number of nitrogens with one attached hydrogen (secondary N) is 1. The number of hydrogen-bond acceptors (Lipinski definition) is 5. The number of nitrogen functional groups attached to an aromatic ring is 1. The van der Waals surface area contributed by atoms with Gasteiger partial charge in [-0.3, -0.25) is 5.41 Å². The molecule has 0 aliphatic heterocycles. The van der Waals surface area contributed by atoms with E-state index in [9.17, 15) is 0 Å². The second-order valence-electron chi connectivity index (χ2n) is 4.39. The lowest BCUT2D eigenvalue weighted by atomic mass is 10.2. The highest BCUT2D eigenvalue weighted by Gasteiger charge is 2.12. The van der Waals surface area contributed by atoms with Crippen molar-refractivity contribution >= 4 is 11.7 Å². The Labute approximate surface area is 117 Å². The molecule has 1 heterocycles. The molecule has 0 aliphatic rings. The van der Waals surface area contributed by atoms with Crippen molar-refractivity contribution in [3.63, 3.8) is 0 Å². The van der Waals surface area contributed by atoms with Gasteiger partial charge in [0, 0.05) is 13.6 Å². The third-order valence-corrected chi connectivity index (χ3v) is 2.93. The molecule has 0 atom stereocenters. The minimum absolute atomic E-state index is 0.0171. The van der Waals surface area contributed by atoms with Gasteiger partial charge in [-0.1, -0.05) is 12.1 Å². The normalized spacial score (nSPS) is 10.1. The summed E-state index contributed by atoms with van der Waals surface area (Å²) in [5.74, 6) is 1.40. The Morgan fingerprint density at radius 1 is 1.30 bits per heavy atom. The molecule has 0 saturated carbocycles. The van der Waals surface area contributed by atoms with E-state index >= 15 is 0 Å². The molecule has 6 heteroatoms. The number of aromatic nitrogens is 2. The molecule has 1 aromatic carbocycles. The molecule has 2 rings (SSSR count). The summed E-state index contributed by atoms with van der Waals surface area (Å²) in [4.78, 5) is 1.91. The first-order valence-corrected chi connectivity index (χ1v) is 6.12. The predicted octanol–water partition coefficient (Wildman–Crippen LogP) is 1.41. The van der Waals surface area contributed by atoms with E-state index in [-0.39, 0.29) is 5.84 Å². The number of ether oxygens (including phenoxy) is 1. The molecule has 1 aromatic heterocycles. The van der Waals surface area contributed by atoms with Crippen LogP contribution in [0.5, 0.6) is 5.75 Å². The number of amidine groups is 1. The van der Waals surface area contributed by atoms with Gasteiger partial charge in [-0.15, -0.1) is 5.10 Å². The number of anilines is 1. The molecule has 0 saturated heterocycles. The van der Waals surface area contributed by atoms with E-state index in [1.807, 2.05) is 36.2 Å². The van der Waals surface area contributed by atoms with E-state index in [1.54, 1.807) is 13.2 Å². The maximum atomic E-state index is 7.57. The zero-order valence-corrected chi connectivity index (χ0v) is 11.5. The average Bonchev–Trinajstić information content (AvgIpc) is 2.48. The van der Waals surface area contributed by atoms with Crippen molar-refractivity contribution in [1.82, 2.24) is 10.2 Å². The van der Waals surface area contributed by atoms with Gasteiger partial charge in [0.25, 0.3) is 0 Å². The standard InChI is InChI=1S/C14H17N5O/c1-19(9-10-3-5-11(20-2)6-4-10)14-12(13(15)16)7-8-17-18-14/h3-8H,9H2,1-2H3,(H3,15,16). The van der Waals surface area contributed by atoms with Crippen molar-refractivity contribution in [2.75, 3.05) is 19.1 Å². The molecule has 3 N–H and O–H groups in total. The number of methoxy groups -OCH3 is 1. The maximum absolute atomic E-state index is 7.57. The maximum Gasteiger partial charge on any atom is 0.162 e. The number of nitrogens with zero attached hydrogens (tertiary/aromatic N) is 3. The van der Waals surface area contributed by atoms with Crippen molar-refractivity contribution in [3.8, 4) is 5.75 Å². The van der Waals surface area contributed by atoms with E-state index in [2.05, 4.69) is 10.2 Å². The fourth-order valence-corrected chi connectivity index (χ4v) is 1.90. The first kappa shape index (κ1) is 13.8. The summed E-state index contributed by atoms with van der Waals surface area (Å²) in [5, 5.41) is 15.5. The summed E-state index contributed by atoms with van der Waals surface area (Å²) in [5.41, 5.74) is 7.24. The summed E-state index contributed by atoms with van der Waals surface area (Å²) < 4.78 is 5.13. The SMILES string of the molecule is COc1ccc(CN(C)c2nnccc2C(=N)N)cc1. The quantitative estimate of drug-likeness (QED) is 0.634. The molecular weight excluding hydrogens is 254 g/mol. The third-order valence-electron chi connectivity index (χ3n) is 2.93. The Hall–Kier alpha value is -2.63. The molecule has 0 radical (unpaired) electrons.